The van der Waals surface area contributed by atoms with E-state index >= 15 is 0 Å². The molecular weight excluding hydrogens is 464 g/mol. The lowest BCUT2D eigenvalue weighted by atomic mass is 9.98. The Bertz CT molecular complexity index is 1030. The predicted octanol–water partition coefficient (Wildman–Crippen LogP) is 10.6. The average Bonchev–Trinajstić information content (AvgIpc) is 2.84. The van der Waals surface area contributed by atoms with Crippen molar-refractivity contribution in [2.45, 2.75) is 119 Å². The van der Waals surface area contributed by atoms with E-state index in [2.05, 4.69) is 84.9 Å². The van der Waals surface area contributed by atoms with Crippen molar-refractivity contribution >= 4 is 11.6 Å². The zero-order valence-corrected chi connectivity index (χ0v) is 25.3. The fourth-order valence-corrected chi connectivity index (χ4v) is 4.28. The second-order valence-corrected chi connectivity index (χ2v) is 11.2. The van der Waals surface area contributed by atoms with Crippen molar-refractivity contribution in [3.8, 4) is 0 Å². The SMILES string of the molecule is CC(C)=CCC/C(C)=C/CC/C(C)=C/CC/C(C)=C/CC/C(C)=C/CC/C(C)=C/CC1=CC(=O)C=CC1=O. The van der Waals surface area contributed by atoms with E-state index in [9.17, 15) is 9.59 Å². The molecule has 0 saturated heterocycles. The molecule has 0 unspecified atom stereocenters. The van der Waals surface area contributed by atoms with Gasteiger partial charge in [-0.25, -0.2) is 0 Å². The molecule has 0 radical (unpaired) electrons. The molecular formula is C36H52O2. The van der Waals surface area contributed by atoms with Gasteiger partial charge in [-0.15, -0.1) is 0 Å². The van der Waals surface area contributed by atoms with E-state index < -0.39 is 0 Å². The van der Waals surface area contributed by atoms with E-state index in [0.29, 0.717) is 12.0 Å². The summed E-state index contributed by atoms with van der Waals surface area (Å²) < 4.78 is 0. The maximum atomic E-state index is 11.8. The lowest BCUT2D eigenvalue weighted by Gasteiger charge is -2.05. The minimum atomic E-state index is -0.0972. The van der Waals surface area contributed by atoms with Crippen LogP contribution in [0, 0.1) is 0 Å². The molecule has 208 valence electrons. The smallest absolute Gasteiger partial charge is 0.182 e. The van der Waals surface area contributed by atoms with Crippen molar-refractivity contribution in [1.29, 1.82) is 0 Å². The van der Waals surface area contributed by atoms with Crippen molar-refractivity contribution in [1.82, 2.24) is 0 Å². The highest BCUT2D eigenvalue weighted by Gasteiger charge is 2.11. The molecule has 0 aliphatic heterocycles. The molecule has 0 bridgehead atoms. The van der Waals surface area contributed by atoms with Gasteiger partial charge in [-0.05, 0) is 137 Å². The third kappa shape index (κ3) is 16.9. The van der Waals surface area contributed by atoms with Gasteiger partial charge >= 0.3 is 0 Å². The highest BCUT2D eigenvalue weighted by Crippen LogP contribution is 2.17. The number of rotatable bonds is 17. The van der Waals surface area contributed by atoms with E-state index in [1.165, 1.54) is 58.1 Å². The predicted molar refractivity (Wildman–Crippen MR) is 166 cm³/mol. The van der Waals surface area contributed by atoms with E-state index in [0.717, 1.165) is 57.8 Å². The highest BCUT2D eigenvalue weighted by atomic mass is 16.1. The first-order valence-corrected chi connectivity index (χ1v) is 14.4. The van der Waals surface area contributed by atoms with Crippen molar-refractivity contribution in [3.63, 3.8) is 0 Å². The Kier molecular flexibility index (Phi) is 16.9. The zero-order valence-electron chi connectivity index (χ0n) is 25.3. The van der Waals surface area contributed by atoms with Crippen LogP contribution in [0.5, 0.6) is 0 Å². The number of carbonyl (C=O) groups is 2. The number of carbonyl (C=O) groups excluding carboxylic acids is 2. The van der Waals surface area contributed by atoms with Crippen LogP contribution in [-0.4, -0.2) is 11.6 Å². The summed E-state index contributed by atoms with van der Waals surface area (Å²) in [5.41, 5.74) is 9.18. The van der Waals surface area contributed by atoms with Crippen LogP contribution in [0.2, 0.25) is 0 Å². The molecule has 1 aliphatic rings. The number of hydrogen-bond donors (Lipinski definition) is 0. The van der Waals surface area contributed by atoms with Crippen LogP contribution in [0.3, 0.4) is 0 Å². The normalized spacial score (nSPS) is 15.8. The van der Waals surface area contributed by atoms with Crippen molar-refractivity contribution in [2.75, 3.05) is 0 Å². The molecule has 38 heavy (non-hydrogen) atoms. The molecule has 0 saturated carbocycles. The van der Waals surface area contributed by atoms with E-state index in [-0.39, 0.29) is 11.6 Å². The Hall–Kier alpha value is -2.74. The first kappa shape index (κ1) is 33.3. The second kappa shape index (κ2) is 19.3. The molecule has 0 amide bonds. The maximum absolute atomic E-state index is 11.8. The fourth-order valence-electron chi connectivity index (χ4n) is 4.28. The number of hydrogen-bond acceptors (Lipinski definition) is 2. The van der Waals surface area contributed by atoms with E-state index in [1.807, 2.05) is 0 Å². The summed E-state index contributed by atoms with van der Waals surface area (Å²) in [7, 11) is 0. The fraction of sp³-hybridized carbons (Fsp3) is 0.500. The van der Waals surface area contributed by atoms with Gasteiger partial charge in [0.05, 0.1) is 0 Å². The third-order valence-corrected chi connectivity index (χ3v) is 6.92. The largest absolute Gasteiger partial charge is 0.290 e. The monoisotopic (exact) mass is 516 g/mol. The number of ketones is 2. The lowest BCUT2D eigenvalue weighted by Crippen LogP contribution is -2.06. The van der Waals surface area contributed by atoms with Crippen molar-refractivity contribution < 1.29 is 9.59 Å². The Morgan fingerprint density at radius 2 is 0.895 bits per heavy atom. The quantitative estimate of drug-likeness (QED) is 0.142. The minimum Gasteiger partial charge on any atom is -0.290 e. The van der Waals surface area contributed by atoms with Crippen LogP contribution in [0.25, 0.3) is 0 Å². The molecule has 2 heteroatoms. The van der Waals surface area contributed by atoms with Gasteiger partial charge in [0.2, 0.25) is 0 Å². The van der Waals surface area contributed by atoms with Crippen LogP contribution in [-0.2, 0) is 9.59 Å². The number of allylic oxidation sites excluding steroid dienone is 16. The Morgan fingerprint density at radius 1 is 0.526 bits per heavy atom. The molecule has 2 nitrogen and oxygen atoms in total. The molecule has 0 heterocycles. The van der Waals surface area contributed by atoms with Crippen molar-refractivity contribution in [3.05, 3.63) is 93.7 Å². The molecule has 0 N–H and O–H groups in total. The summed E-state index contributed by atoms with van der Waals surface area (Å²) in [6, 6.07) is 0. The molecule has 0 spiro atoms. The van der Waals surface area contributed by atoms with Gasteiger partial charge in [0.15, 0.2) is 11.6 Å². The summed E-state index contributed by atoms with van der Waals surface area (Å²) in [5.74, 6) is -0.150. The van der Waals surface area contributed by atoms with Gasteiger partial charge in [0.1, 0.15) is 0 Å². The minimum absolute atomic E-state index is 0.0527. The first-order valence-electron chi connectivity index (χ1n) is 14.4. The summed E-state index contributed by atoms with van der Waals surface area (Å²) in [5, 5.41) is 0. The molecule has 1 rings (SSSR count). The summed E-state index contributed by atoms with van der Waals surface area (Å²) in [4.78, 5) is 23.3. The van der Waals surface area contributed by atoms with Gasteiger partial charge in [-0.1, -0.05) is 69.9 Å². The Morgan fingerprint density at radius 3 is 1.29 bits per heavy atom. The van der Waals surface area contributed by atoms with Crippen LogP contribution in [0.4, 0.5) is 0 Å². The van der Waals surface area contributed by atoms with Crippen LogP contribution >= 0.6 is 0 Å². The average molecular weight is 517 g/mol. The van der Waals surface area contributed by atoms with Crippen LogP contribution in [0.15, 0.2) is 93.7 Å². The summed E-state index contributed by atoms with van der Waals surface area (Å²) >= 11 is 0. The van der Waals surface area contributed by atoms with E-state index in [1.54, 1.807) is 0 Å². The Balaban J connectivity index is 2.26. The second-order valence-electron chi connectivity index (χ2n) is 11.2. The molecule has 0 fully saturated rings. The van der Waals surface area contributed by atoms with Gasteiger partial charge in [0.25, 0.3) is 0 Å². The van der Waals surface area contributed by atoms with Gasteiger partial charge in [-0.3, -0.25) is 9.59 Å². The van der Waals surface area contributed by atoms with Crippen LogP contribution < -0.4 is 0 Å². The maximum Gasteiger partial charge on any atom is 0.182 e. The van der Waals surface area contributed by atoms with Gasteiger partial charge in [0, 0.05) is 5.57 Å². The lowest BCUT2D eigenvalue weighted by molar-refractivity contribution is -0.114. The molecule has 0 atom stereocenters. The van der Waals surface area contributed by atoms with Gasteiger partial charge in [-0.2, -0.15) is 0 Å². The molecule has 0 aromatic carbocycles. The summed E-state index contributed by atoms with van der Waals surface area (Å²) in [6.07, 6.45) is 29.8. The first-order chi connectivity index (χ1) is 18.1. The van der Waals surface area contributed by atoms with Crippen LogP contribution in [0.1, 0.15) is 119 Å². The zero-order chi connectivity index (χ0) is 28.3. The molecule has 0 aromatic rings. The topological polar surface area (TPSA) is 34.1 Å². The molecule has 1 aliphatic carbocycles. The standard InChI is InChI=1S/C36H52O2/c1-28(2)13-8-14-29(3)15-9-16-30(4)17-10-18-31(5)19-11-20-32(6)21-12-22-33(7)23-24-34-27-35(37)25-26-36(34)38/h13,15,17,19,21,23,25-27H,8-12,14,16,18,20,22,24H2,1-7H3/b29-15+,30-17+,31-19+,32-21+,33-23+. The third-order valence-electron chi connectivity index (χ3n) is 6.92. The van der Waals surface area contributed by atoms with Gasteiger partial charge < -0.3 is 0 Å². The van der Waals surface area contributed by atoms with E-state index in [4.69, 9.17) is 0 Å². The van der Waals surface area contributed by atoms with Crippen molar-refractivity contribution in [2.24, 2.45) is 0 Å². The Labute approximate surface area is 233 Å². The highest BCUT2D eigenvalue weighted by molar-refractivity contribution is 6.17. The molecule has 0 aromatic heterocycles. The summed E-state index contributed by atoms with van der Waals surface area (Å²) in [6.45, 7) is 15.4.